The zero-order valence-corrected chi connectivity index (χ0v) is 18.4. The van der Waals surface area contributed by atoms with Gasteiger partial charge < -0.3 is 14.9 Å². The van der Waals surface area contributed by atoms with Crippen molar-refractivity contribution in [2.75, 3.05) is 5.32 Å². The first-order chi connectivity index (χ1) is 15.5. The van der Waals surface area contributed by atoms with Crippen LogP contribution in [0.4, 0.5) is 5.69 Å². The van der Waals surface area contributed by atoms with Gasteiger partial charge in [-0.05, 0) is 68.5 Å². The Kier molecular flexibility index (Phi) is 6.17. The number of aryl methyl sites for hydroxylation is 2. The summed E-state index contributed by atoms with van der Waals surface area (Å²) in [6, 6.07) is 9.59. The number of anilines is 1. The number of hydrogen-bond acceptors (Lipinski definition) is 5. The molecule has 3 heterocycles. The van der Waals surface area contributed by atoms with Gasteiger partial charge in [-0.3, -0.25) is 9.59 Å². The van der Waals surface area contributed by atoms with E-state index >= 15 is 0 Å². The molecule has 0 unspecified atom stereocenters. The number of carbonyl (C=O) groups excluding carboxylic acids is 1. The minimum Gasteiger partial charge on any atom is -0.326 e. The smallest absolute Gasteiger partial charge is 0.266 e. The number of pyridine rings is 1. The fraction of sp³-hybridized carbons (Fsp3) is 0.375. The lowest BCUT2D eigenvalue weighted by molar-refractivity contribution is -0.116. The molecule has 3 aromatic rings. The molecule has 8 heteroatoms. The van der Waals surface area contributed by atoms with E-state index in [1.807, 2.05) is 30.3 Å². The quantitative estimate of drug-likeness (QED) is 0.643. The van der Waals surface area contributed by atoms with E-state index in [0.29, 0.717) is 23.4 Å². The van der Waals surface area contributed by atoms with Crippen molar-refractivity contribution in [2.24, 2.45) is 0 Å². The van der Waals surface area contributed by atoms with Gasteiger partial charge in [-0.1, -0.05) is 6.42 Å². The van der Waals surface area contributed by atoms with Crippen molar-refractivity contribution in [3.63, 3.8) is 0 Å². The monoisotopic (exact) mass is 430 g/mol. The molecule has 4 rings (SSSR count). The number of nitrogens with one attached hydrogen (secondary N) is 2. The fourth-order valence-electron chi connectivity index (χ4n) is 4.28. The highest BCUT2D eigenvalue weighted by molar-refractivity contribution is 5.91. The molecule has 1 aromatic carbocycles. The maximum atomic E-state index is 12.5. The van der Waals surface area contributed by atoms with Gasteiger partial charge in [0.15, 0.2) is 5.82 Å². The molecule has 0 radical (unpaired) electrons. The normalized spacial score (nSPS) is 13.2. The number of nitriles is 1. The van der Waals surface area contributed by atoms with Gasteiger partial charge in [0.25, 0.3) is 5.56 Å². The van der Waals surface area contributed by atoms with Gasteiger partial charge in [-0.2, -0.15) is 5.26 Å². The number of aromatic amines is 1. The van der Waals surface area contributed by atoms with Crippen molar-refractivity contribution in [3.05, 3.63) is 62.8 Å². The van der Waals surface area contributed by atoms with Gasteiger partial charge >= 0.3 is 0 Å². The van der Waals surface area contributed by atoms with Crippen LogP contribution in [0, 0.1) is 25.2 Å². The van der Waals surface area contributed by atoms with Crippen LogP contribution in [-0.4, -0.2) is 25.7 Å². The maximum Gasteiger partial charge on any atom is 0.266 e. The molecule has 0 aliphatic carbocycles. The number of aromatic nitrogens is 4. The third-order valence-corrected chi connectivity index (χ3v) is 6.06. The van der Waals surface area contributed by atoms with E-state index in [4.69, 9.17) is 0 Å². The molecule has 0 saturated heterocycles. The number of hydrogen-bond donors (Lipinski definition) is 2. The molecule has 2 N–H and O–H groups in total. The lowest BCUT2D eigenvalue weighted by Crippen LogP contribution is -2.18. The molecule has 0 fully saturated rings. The third-order valence-electron chi connectivity index (χ3n) is 6.06. The highest BCUT2D eigenvalue weighted by Gasteiger charge is 2.16. The average molecular weight is 431 g/mol. The Morgan fingerprint density at radius 1 is 1.19 bits per heavy atom. The number of fused-ring (bicyclic) bond motifs is 1. The van der Waals surface area contributed by atoms with Crippen molar-refractivity contribution < 1.29 is 4.79 Å². The first kappa shape index (κ1) is 21.5. The van der Waals surface area contributed by atoms with E-state index in [0.717, 1.165) is 48.6 Å². The Labute approximate surface area is 186 Å². The average Bonchev–Trinajstić information content (AvgIpc) is 3.02. The summed E-state index contributed by atoms with van der Waals surface area (Å²) in [6.07, 6.45) is 5.15. The van der Waals surface area contributed by atoms with Crippen LogP contribution >= 0.6 is 0 Å². The third kappa shape index (κ3) is 4.33. The van der Waals surface area contributed by atoms with Gasteiger partial charge in [0.05, 0.1) is 0 Å². The van der Waals surface area contributed by atoms with E-state index < -0.39 is 0 Å². The Hall–Kier alpha value is -3.73. The number of amides is 1. The number of benzene rings is 1. The lowest BCUT2D eigenvalue weighted by Gasteiger charge is -2.11. The molecule has 0 saturated carbocycles. The molecule has 0 atom stereocenters. The summed E-state index contributed by atoms with van der Waals surface area (Å²) in [5.74, 6) is 1.79. The van der Waals surface area contributed by atoms with Crippen LogP contribution in [0.15, 0.2) is 29.1 Å². The molecule has 1 amide bonds. The summed E-state index contributed by atoms with van der Waals surface area (Å²) >= 11 is 0. The molecular formula is C24H26N6O2. The van der Waals surface area contributed by atoms with Crippen molar-refractivity contribution >= 4 is 11.6 Å². The number of rotatable bonds is 5. The van der Waals surface area contributed by atoms with Crippen molar-refractivity contribution in [1.29, 1.82) is 5.26 Å². The highest BCUT2D eigenvalue weighted by atomic mass is 16.1. The van der Waals surface area contributed by atoms with Crippen molar-refractivity contribution in [3.8, 4) is 17.5 Å². The van der Waals surface area contributed by atoms with Crippen LogP contribution < -0.4 is 10.9 Å². The summed E-state index contributed by atoms with van der Waals surface area (Å²) < 4.78 is 2.20. The summed E-state index contributed by atoms with van der Waals surface area (Å²) in [5, 5.41) is 20.8. The largest absolute Gasteiger partial charge is 0.326 e. The van der Waals surface area contributed by atoms with Crippen molar-refractivity contribution in [1.82, 2.24) is 19.7 Å². The predicted octanol–water partition coefficient (Wildman–Crippen LogP) is 3.42. The first-order valence-electron chi connectivity index (χ1n) is 10.9. The highest BCUT2D eigenvalue weighted by Crippen LogP contribution is 2.24. The zero-order valence-electron chi connectivity index (χ0n) is 18.4. The fourth-order valence-corrected chi connectivity index (χ4v) is 4.28. The number of H-pyrrole nitrogens is 1. The minimum atomic E-state index is -0.389. The molecular weight excluding hydrogens is 404 g/mol. The van der Waals surface area contributed by atoms with Gasteiger partial charge in [0, 0.05) is 36.3 Å². The van der Waals surface area contributed by atoms with Crippen LogP contribution in [0.3, 0.4) is 0 Å². The number of carbonyl (C=O) groups is 1. The van der Waals surface area contributed by atoms with Gasteiger partial charge in [0.2, 0.25) is 5.91 Å². The van der Waals surface area contributed by atoms with Crippen molar-refractivity contribution in [2.45, 2.75) is 58.9 Å². The summed E-state index contributed by atoms with van der Waals surface area (Å²) in [5.41, 5.74) is 3.57. The molecule has 1 aliphatic heterocycles. The van der Waals surface area contributed by atoms with Crippen LogP contribution in [0.2, 0.25) is 0 Å². The van der Waals surface area contributed by atoms with E-state index in [2.05, 4.69) is 25.1 Å². The minimum absolute atomic E-state index is 0.105. The summed E-state index contributed by atoms with van der Waals surface area (Å²) in [7, 11) is 0. The molecule has 2 aromatic heterocycles. The second-order valence-corrected chi connectivity index (χ2v) is 8.20. The summed E-state index contributed by atoms with van der Waals surface area (Å²) in [4.78, 5) is 27.1. The van der Waals surface area contributed by atoms with Gasteiger partial charge in [-0.25, -0.2) is 0 Å². The second kappa shape index (κ2) is 9.18. The van der Waals surface area contributed by atoms with Crippen LogP contribution in [0.25, 0.3) is 11.4 Å². The van der Waals surface area contributed by atoms with Crippen LogP contribution in [-0.2, 0) is 24.2 Å². The first-order valence-corrected chi connectivity index (χ1v) is 10.9. The molecule has 164 valence electrons. The van der Waals surface area contributed by atoms with E-state index in [-0.39, 0.29) is 23.5 Å². The molecule has 8 nitrogen and oxygen atoms in total. The Morgan fingerprint density at radius 2 is 1.97 bits per heavy atom. The second-order valence-electron chi connectivity index (χ2n) is 8.20. The van der Waals surface area contributed by atoms with E-state index in [9.17, 15) is 14.9 Å². The Morgan fingerprint density at radius 3 is 2.72 bits per heavy atom. The topological polar surface area (TPSA) is 116 Å². The molecule has 32 heavy (non-hydrogen) atoms. The Bertz CT molecular complexity index is 1250. The molecule has 0 spiro atoms. The maximum absolute atomic E-state index is 12.5. The van der Waals surface area contributed by atoms with Gasteiger partial charge in [-0.15, -0.1) is 10.2 Å². The lowest BCUT2D eigenvalue weighted by atomic mass is 9.99. The molecule has 0 bridgehead atoms. The SMILES string of the molecule is Cc1[nH]c(=O)c(C#N)c(C)c1CCC(=O)Nc1ccc(-c2nnc3n2CCCCC3)cc1. The zero-order chi connectivity index (χ0) is 22.7. The van der Waals surface area contributed by atoms with Crippen LogP contribution in [0.5, 0.6) is 0 Å². The standard InChI is InChI=1S/C24H26N6O2/c1-15-19(16(2)26-24(32)20(15)14-25)11-12-22(31)27-18-9-7-17(8-10-18)23-29-28-21-6-4-3-5-13-30(21)23/h7-10H,3-6,11-13H2,1-2H3,(H,26,32)(H,27,31). The number of nitrogens with zero attached hydrogens (tertiary/aromatic N) is 4. The summed E-state index contributed by atoms with van der Waals surface area (Å²) in [6.45, 7) is 4.47. The molecule has 1 aliphatic rings. The van der Waals surface area contributed by atoms with Gasteiger partial charge in [0.1, 0.15) is 17.5 Å². The van der Waals surface area contributed by atoms with E-state index in [1.165, 1.54) is 6.42 Å². The Balaban J connectivity index is 1.42. The van der Waals surface area contributed by atoms with E-state index in [1.54, 1.807) is 13.8 Å². The predicted molar refractivity (Wildman–Crippen MR) is 121 cm³/mol. The van der Waals surface area contributed by atoms with Crippen LogP contribution in [0.1, 0.15) is 53.9 Å².